The number of hydrogen-bond donors (Lipinski definition) is 2. The van der Waals surface area contributed by atoms with Crippen LogP contribution in [0.25, 0.3) is 11.4 Å². The van der Waals surface area contributed by atoms with Gasteiger partial charge in [0.2, 0.25) is 5.82 Å². The summed E-state index contributed by atoms with van der Waals surface area (Å²) in [6.45, 7) is 0. The lowest BCUT2D eigenvalue weighted by Crippen LogP contribution is -2.10. The first kappa shape index (κ1) is 13.1. The van der Waals surface area contributed by atoms with Gasteiger partial charge in [0.05, 0.1) is 4.88 Å². The number of carbonyl (C=O) groups excluding carboxylic acids is 1. The van der Waals surface area contributed by atoms with Crippen LogP contribution in [0.5, 0.6) is 0 Å². The number of benzene rings is 1. The molecule has 2 N–H and O–H groups in total. The lowest BCUT2D eigenvalue weighted by molar-refractivity contribution is 0.103. The molecule has 110 valence electrons. The van der Waals surface area contributed by atoms with Crippen molar-refractivity contribution in [2.45, 2.75) is 19.3 Å². The maximum atomic E-state index is 12.3. The van der Waals surface area contributed by atoms with Gasteiger partial charge in [-0.05, 0) is 60.4 Å². The van der Waals surface area contributed by atoms with Gasteiger partial charge in [-0.15, -0.1) is 21.5 Å². The summed E-state index contributed by atoms with van der Waals surface area (Å²) in [4.78, 5) is 14.4. The molecule has 22 heavy (non-hydrogen) atoms. The van der Waals surface area contributed by atoms with Gasteiger partial charge in [0.1, 0.15) is 0 Å². The fraction of sp³-hybridized carbons (Fsp3) is 0.200. The maximum absolute atomic E-state index is 12.3. The Hall–Kier alpha value is -2.54. The molecule has 6 nitrogen and oxygen atoms in total. The SMILES string of the molecule is O=C(Nc1ccc(-c2nn[nH]n2)cc1)c1cc2c(s1)CCC2. The number of aromatic nitrogens is 4. The second kappa shape index (κ2) is 5.34. The number of aromatic amines is 1. The number of carbonyl (C=O) groups is 1. The van der Waals surface area contributed by atoms with Gasteiger partial charge in [0.25, 0.3) is 5.91 Å². The molecule has 3 aromatic rings. The summed E-state index contributed by atoms with van der Waals surface area (Å²) < 4.78 is 0. The van der Waals surface area contributed by atoms with Crippen molar-refractivity contribution >= 4 is 22.9 Å². The van der Waals surface area contributed by atoms with Crippen molar-refractivity contribution in [1.29, 1.82) is 0 Å². The number of nitrogens with one attached hydrogen (secondary N) is 2. The molecular weight excluding hydrogens is 298 g/mol. The Kier molecular flexibility index (Phi) is 3.19. The van der Waals surface area contributed by atoms with Crippen molar-refractivity contribution in [2.24, 2.45) is 0 Å². The van der Waals surface area contributed by atoms with Crippen LogP contribution in [0, 0.1) is 0 Å². The summed E-state index contributed by atoms with van der Waals surface area (Å²) in [5.41, 5.74) is 2.94. The molecule has 0 unspecified atom stereocenters. The Morgan fingerprint density at radius 2 is 2.09 bits per heavy atom. The van der Waals surface area contributed by atoms with E-state index < -0.39 is 0 Å². The van der Waals surface area contributed by atoms with Crippen molar-refractivity contribution in [1.82, 2.24) is 20.6 Å². The van der Waals surface area contributed by atoms with Crippen molar-refractivity contribution in [2.75, 3.05) is 5.32 Å². The number of fused-ring (bicyclic) bond motifs is 1. The van der Waals surface area contributed by atoms with Crippen LogP contribution in [0.2, 0.25) is 0 Å². The van der Waals surface area contributed by atoms with Crippen LogP contribution in [0.4, 0.5) is 5.69 Å². The zero-order chi connectivity index (χ0) is 14.9. The molecule has 2 heterocycles. The van der Waals surface area contributed by atoms with Crippen LogP contribution in [0.15, 0.2) is 30.3 Å². The molecule has 7 heteroatoms. The van der Waals surface area contributed by atoms with Gasteiger partial charge in [-0.2, -0.15) is 5.21 Å². The number of anilines is 1. The largest absolute Gasteiger partial charge is 0.321 e. The highest BCUT2D eigenvalue weighted by molar-refractivity contribution is 7.14. The van der Waals surface area contributed by atoms with E-state index in [-0.39, 0.29) is 5.91 Å². The third-order valence-electron chi connectivity index (χ3n) is 3.72. The van der Waals surface area contributed by atoms with Crippen molar-refractivity contribution in [3.8, 4) is 11.4 Å². The van der Waals surface area contributed by atoms with E-state index >= 15 is 0 Å². The van der Waals surface area contributed by atoms with Gasteiger partial charge in [0, 0.05) is 16.1 Å². The smallest absolute Gasteiger partial charge is 0.265 e. The first-order valence-electron chi connectivity index (χ1n) is 7.06. The Labute approximate surface area is 130 Å². The Bertz CT molecular complexity index is 786. The minimum absolute atomic E-state index is 0.0493. The summed E-state index contributed by atoms with van der Waals surface area (Å²) in [6, 6.07) is 9.41. The topological polar surface area (TPSA) is 83.6 Å². The van der Waals surface area contributed by atoms with Crippen LogP contribution in [0.3, 0.4) is 0 Å². The van der Waals surface area contributed by atoms with Crippen LogP contribution in [0.1, 0.15) is 26.5 Å². The Balaban J connectivity index is 1.49. The standard InChI is InChI=1S/C15H13N5OS/c21-15(13-8-10-2-1-3-12(10)22-13)16-11-6-4-9(5-7-11)14-17-19-20-18-14/h4-8H,1-3H2,(H,16,21)(H,17,18,19,20). The van der Waals surface area contributed by atoms with Crippen LogP contribution < -0.4 is 5.32 Å². The van der Waals surface area contributed by atoms with Crippen LogP contribution in [-0.2, 0) is 12.8 Å². The second-order valence-electron chi connectivity index (χ2n) is 5.18. The van der Waals surface area contributed by atoms with Gasteiger partial charge >= 0.3 is 0 Å². The van der Waals surface area contributed by atoms with Crippen molar-refractivity contribution < 1.29 is 4.79 Å². The molecule has 0 fully saturated rings. The van der Waals surface area contributed by atoms with Crippen molar-refractivity contribution in [3.05, 3.63) is 45.6 Å². The molecule has 1 aromatic carbocycles. The summed E-state index contributed by atoms with van der Waals surface area (Å²) in [7, 11) is 0. The first-order chi connectivity index (χ1) is 10.8. The van der Waals surface area contributed by atoms with Gasteiger partial charge in [-0.1, -0.05) is 0 Å². The average Bonchev–Trinajstić information content (AvgIpc) is 3.24. The normalized spacial score (nSPS) is 13.1. The van der Waals surface area contributed by atoms with E-state index in [4.69, 9.17) is 0 Å². The predicted molar refractivity (Wildman–Crippen MR) is 83.9 cm³/mol. The van der Waals surface area contributed by atoms with E-state index in [1.54, 1.807) is 11.3 Å². The molecule has 1 aliphatic carbocycles. The number of amides is 1. The zero-order valence-electron chi connectivity index (χ0n) is 11.7. The molecule has 2 aromatic heterocycles. The number of aryl methyl sites for hydroxylation is 2. The van der Waals surface area contributed by atoms with E-state index in [1.165, 1.54) is 16.9 Å². The third-order valence-corrected chi connectivity index (χ3v) is 4.95. The highest BCUT2D eigenvalue weighted by atomic mass is 32.1. The van der Waals surface area contributed by atoms with E-state index in [1.807, 2.05) is 30.3 Å². The van der Waals surface area contributed by atoms with Gasteiger partial charge in [-0.25, -0.2) is 0 Å². The van der Waals surface area contributed by atoms with E-state index in [0.717, 1.165) is 29.0 Å². The van der Waals surface area contributed by atoms with Gasteiger partial charge < -0.3 is 5.32 Å². The Morgan fingerprint density at radius 1 is 1.23 bits per heavy atom. The lowest BCUT2D eigenvalue weighted by atomic mass is 10.2. The summed E-state index contributed by atoms with van der Waals surface area (Å²) in [5, 5.41) is 16.7. The molecule has 1 amide bonds. The number of thiophene rings is 1. The van der Waals surface area contributed by atoms with Gasteiger partial charge in [0.15, 0.2) is 0 Å². The minimum atomic E-state index is -0.0493. The van der Waals surface area contributed by atoms with Gasteiger partial charge in [-0.3, -0.25) is 4.79 Å². The molecule has 1 aliphatic rings. The summed E-state index contributed by atoms with van der Waals surface area (Å²) in [6.07, 6.45) is 3.41. The monoisotopic (exact) mass is 311 g/mol. The highest BCUT2D eigenvalue weighted by Crippen LogP contribution is 2.31. The highest BCUT2D eigenvalue weighted by Gasteiger charge is 2.18. The van der Waals surface area contributed by atoms with E-state index in [9.17, 15) is 4.79 Å². The molecule has 0 radical (unpaired) electrons. The molecular formula is C15H13N5OS. The average molecular weight is 311 g/mol. The molecule has 0 atom stereocenters. The van der Waals surface area contributed by atoms with Crippen molar-refractivity contribution in [3.63, 3.8) is 0 Å². The molecule has 0 saturated carbocycles. The molecule has 0 saturated heterocycles. The predicted octanol–water partition coefficient (Wildman–Crippen LogP) is 2.67. The Morgan fingerprint density at radius 3 is 2.82 bits per heavy atom. The number of rotatable bonds is 3. The zero-order valence-corrected chi connectivity index (χ0v) is 12.5. The summed E-state index contributed by atoms with van der Waals surface area (Å²) >= 11 is 1.61. The lowest BCUT2D eigenvalue weighted by Gasteiger charge is -2.04. The summed E-state index contributed by atoms with van der Waals surface area (Å²) in [5.74, 6) is 0.485. The second-order valence-corrected chi connectivity index (χ2v) is 6.32. The first-order valence-corrected chi connectivity index (χ1v) is 7.88. The fourth-order valence-corrected chi connectivity index (χ4v) is 3.77. The number of nitrogens with zero attached hydrogens (tertiary/aromatic N) is 3. The number of tetrazole rings is 1. The molecule has 0 spiro atoms. The molecule has 4 rings (SSSR count). The molecule has 0 bridgehead atoms. The minimum Gasteiger partial charge on any atom is -0.321 e. The van der Waals surface area contributed by atoms with Crippen LogP contribution in [-0.4, -0.2) is 26.5 Å². The van der Waals surface area contributed by atoms with E-state index in [2.05, 4.69) is 25.9 Å². The number of H-pyrrole nitrogens is 1. The quantitative estimate of drug-likeness (QED) is 0.779. The fourth-order valence-electron chi connectivity index (χ4n) is 2.62. The van der Waals surface area contributed by atoms with Crippen LogP contribution >= 0.6 is 11.3 Å². The number of hydrogen-bond acceptors (Lipinski definition) is 5. The maximum Gasteiger partial charge on any atom is 0.265 e. The third kappa shape index (κ3) is 2.39. The molecule has 0 aliphatic heterocycles. The van der Waals surface area contributed by atoms with E-state index in [0.29, 0.717) is 5.82 Å².